The first-order valence-electron chi connectivity index (χ1n) is 11.7. The van der Waals surface area contributed by atoms with Crippen LogP contribution in [0.2, 0.25) is 0 Å². The molecule has 0 radical (unpaired) electrons. The zero-order chi connectivity index (χ0) is 25.7. The van der Waals surface area contributed by atoms with Gasteiger partial charge in [-0.3, -0.25) is 14.5 Å². The van der Waals surface area contributed by atoms with Gasteiger partial charge in [0.15, 0.2) is 0 Å². The van der Waals surface area contributed by atoms with Gasteiger partial charge in [-0.1, -0.05) is 70.2 Å². The zero-order valence-corrected chi connectivity index (χ0v) is 20.3. The number of para-hydroxylation sites is 2. The molecule has 0 bridgehead atoms. The van der Waals surface area contributed by atoms with Gasteiger partial charge in [0.1, 0.15) is 18.1 Å². The lowest BCUT2D eigenvalue weighted by atomic mass is 9.97. The Morgan fingerprint density at radius 2 is 1.60 bits per heavy atom. The lowest BCUT2D eigenvalue weighted by Crippen LogP contribution is -2.61. The predicted molar refractivity (Wildman–Crippen MR) is 133 cm³/mol. The predicted octanol–water partition coefficient (Wildman–Crippen LogP) is 3.02. The summed E-state index contributed by atoms with van der Waals surface area (Å²) in [6.07, 6.45) is 0.107. The van der Waals surface area contributed by atoms with Crippen LogP contribution in [0.3, 0.4) is 0 Å². The molecule has 2 aromatic carbocycles. The number of hydrogen-bond donors (Lipinski definition) is 4. The molecule has 1 heterocycles. The number of nitrogens with one attached hydrogen (secondary N) is 3. The Bertz CT molecular complexity index is 1090. The number of nitrogens with zero attached hydrogens (tertiary/aromatic N) is 1. The Kier molecular flexibility index (Phi) is 8.11. The van der Waals surface area contributed by atoms with Crippen molar-refractivity contribution < 1.29 is 24.3 Å². The van der Waals surface area contributed by atoms with E-state index in [9.17, 15) is 24.3 Å². The molecule has 0 fully saturated rings. The Morgan fingerprint density at radius 1 is 0.971 bits per heavy atom. The average Bonchev–Trinajstić information content (AvgIpc) is 2.81. The lowest BCUT2D eigenvalue weighted by Gasteiger charge is -2.39. The van der Waals surface area contributed by atoms with Crippen LogP contribution in [0, 0.1) is 11.8 Å². The average molecular weight is 481 g/mol. The van der Waals surface area contributed by atoms with E-state index in [1.165, 1.54) is 4.90 Å². The number of carboxylic acid groups (broad SMARTS) is 1. The second-order valence-corrected chi connectivity index (χ2v) is 9.33. The minimum atomic E-state index is -1.17. The van der Waals surface area contributed by atoms with Crippen LogP contribution in [-0.2, 0) is 20.8 Å². The molecule has 4 amide bonds. The van der Waals surface area contributed by atoms with E-state index in [-0.39, 0.29) is 24.2 Å². The lowest BCUT2D eigenvalue weighted by molar-refractivity contribution is -0.142. The van der Waals surface area contributed by atoms with Crippen LogP contribution in [0.5, 0.6) is 0 Å². The van der Waals surface area contributed by atoms with Crippen molar-refractivity contribution in [1.29, 1.82) is 0 Å². The van der Waals surface area contributed by atoms with E-state index in [2.05, 4.69) is 16.0 Å². The highest BCUT2D eigenvalue weighted by atomic mass is 16.4. The first kappa shape index (κ1) is 25.7. The van der Waals surface area contributed by atoms with E-state index >= 15 is 0 Å². The van der Waals surface area contributed by atoms with Crippen LogP contribution >= 0.6 is 0 Å². The number of benzene rings is 2. The SMILES string of the molecule is CC(C)[C@H](NC(=O)N1c2ccccc2NC(=O)[C@H]1C(C)C)C(=O)N[C@H](Cc1ccccc1)C(=O)O. The van der Waals surface area contributed by atoms with Crippen molar-refractivity contribution >= 4 is 35.2 Å². The highest BCUT2D eigenvalue weighted by Crippen LogP contribution is 2.34. The molecule has 186 valence electrons. The second-order valence-electron chi connectivity index (χ2n) is 9.33. The molecule has 0 spiro atoms. The summed E-state index contributed by atoms with van der Waals surface area (Å²) in [4.78, 5) is 52.6. The van der Waals surface area contributed by atoms with Crippen molar-refractivity contribution in [3.63, 3.8) is 0 Å². The summed E-state index contributed by atoms with van der Waals surface area (Å²) in [5.41, 5.74) is 1.80. The van der Waals surface area contributed by atoms with Crippen molar-refractivity contribution in [2.45, 2.75) is 52.2 Å². The van der Waals surface area contributed by atoms with Gasteiger partial charge >= 0.3 is 12.0 Å². The fraction of sp³-hybridized carbons (Fsp3) is 0.385. The second kappa shape index (κ2) is 11.0. The third kappa shape index (κ3) is 5.98. The van der Waals surface area contributed by atoms with Gasteiger partial charge in [0.25, 0.3) is 0 Å². The van der Waals surface area contributed by atoms with Gasteiger partial charge in [0.05, 0.1) is 11.4 Å². The molecule has 3 rings (SSSR count). The molecule has 0 saturated heterocycles. The summed E-state index contributed by atoms with van der Waals surface area (Å²) in [5, 5.41) is 17.8. The number of rotatable bonds is 8. The normalized spacial score (nSPS) is 16.8. The molecular formula is C26H32N4O5. The Morgan fingerprint density at radius 3 is 2.20 bits per heavy atom. The minimum Gasteiger partial charge on any atom is -0.480 e. The number of carbonyl (C=O) groups excluding carboxylic acids is 3. The number of carbonyl (C=O) groups is 4. The number of urea groups is 1. The summed E-state index contributed by atoms with van der Waals surface area (Å²) in [6.45, 7) is 7.20. The third-order valence-corrected chi connectivity index (χ3v) is 5.94. The van der Waals surface area contributed by atoms with Crippen molar-refractivity contribution in [2.24, 2.45) is 11.8 Å². The Hall–Kier alpha value is -3.88. The van der Waals surface area contributed by atoms with Gasteiger partial charge in [0.2, 0.25) is 11.8 Å². The van der Waals surface area contributed by atoms with Crippen LogP contribution in [0.4, 0.5) is 16.2 Å². The van der Waals surface area contributed by atoms with Crippen LogP contribution in [0.1, 0.15) is 33.3 Å². The monoisotopic (exact) mass is 480 g/mol. The maximum absolute atomic E-state index is 13.5. The molecule has 1 aliphatic heterocycles. The zero-order valence-electron chi connectivity index (χ0n) is 20.3. The number of anilines is 2. The summed E-state index contributed by atoms with van der Waals surface area (Å²) in [6, 6.07) is 12.4. The van der Waals surface area contributed by atoms with Crippen LogP contribution in [-0.4, -0.2) is 47.0 Å². The van der Waals surface area contributed by atoms with Gasteiger partial charge in [-0.25, -0.2) is 9.59 Å². The van der Waals surface area contributed by atoms with E-state index in [0.29, 0.717) is 11.4 Å². The standard InChI is InChI=1S/C26H32N4O5/c1-15(2)21(23(31)28-19(25(33)34)14-17-10-6-5-7-11-17)29-26(35)30-20-13-9-8-12-18(20)27-24(32)22(30)16(3)4/h5-13,15-16,19,21-22H,14H2,1-4H3,(H,27,32)(H,28,31)(H,29,35)(H,33,34)/t19-,21+,22-/m1/s1. The molecule has 3 atom stereocenters. The van der Waals surface area contributed by atoms with Gasteiger partial charge in [-0.15, -0.1) is 0 Å². The van der Waals surface area contributed by atoms with E-state index in [4.69, 9.17) is 0 Å². The third-order valence-electron chi connectivity index (χ3n) is 5.94. The number of fused-ring (bicyclic) bond motifs is 1. The fourth-order valence-electron chi connectivity index (χ4n) is 4.15. The quantitative estimate of drug-likeness (QED) is 0.462. The molecule has 1 aliphatic rings. The van der Waals surface area contributed by atoms with Gasteiger partial charge in [-0.05, 0) is 29.5 Å². The summed E-state index contributed by atoms with van der Waals surface area (Å²) in [5.74, 6) is -2.61. The topological polar surface area (TPSA) is 128 Å². The van der Waals surface area contributed by atoms with Crippen LogP contribution in [0.25, 0.3) is 0 Å². The van der Waals surface area contributed by atoms with Crippen molar-refractivity contribution in [1.82, 2.24) is 10.6 Å². The minimum absolute atomic E-state index is 0.107. The van der Waals surface area contributed by atoms with Gasteiger partial charge < -0.3 is 21.1 Å². The molecule has 0 unspecified atom stereocenters. The molecule has 2 aromatic rings. The Labute approximate surface area is 204 Å². The molecule has 9 heteroatoms. The maximum Gasteiger partial charge on any atom is 0.326 e. The van der Waals surface area contributed by atoms with Gasteiger partial charge in [0, 0.05) is 6.42 Å². The molecule has 0 saturated carbocycles. The highest BCUT2D eigenvalue weighted by molar-refractivity contribution is 6.12. The van der Waals surface area contributed by atoms with E-state index < -0.39 is 36.0 Å². The number of aliphatic carboxylic acids is 1. The first-order valence-corrected chi connectivity index (χ1v) is 11.7. The summed E-state index contributed by atoms with van der Waals surface area (Å²) in [7, 11) is 0. The number of amides is 4. The first-order chi connectivity index (χ1) is 16.6. The number of carboxylic acids is 1. The molecule has 0 aliphatic carbocycles. The van der Waals surface area contributed by atoms with E-state index in [1.54, 1.807) is 62.4 Å². The van der Waals surface area contributed by atoms with E-state index in [0.717, 1.165) is 5.56 Å². The summed E-state index contributed by atoms with van der Waals surface area (Å²) < 4.78 is 0. The smallest absolute Gasteiger partial charge is 0.326 e. The van der Waals surface area contributed by atoms with E-state index in [1.807, 2.05) is 19.9 Å². The summed E-state index contributed by atoms with van der Waals surface area (Å²) >= 11 is 0. The molecule has 9 nitrogen and oxygen atoms in total. The largest absolute Gasteiger partial charge is 0.480 e. The molecular weight excluding hydrogens is 448 g/mol. The fourth-order valence-corrected chi connectivity index (χ4v) is 4.15. The van der Waals surface area contributed by atoms with Gasteiger partial charge in [-0.2, -0.15) is 0 Å². The van der Waals surface area contributed by atoms with Crippen molar-refractivity contribution in [3.05, 3.63) is 60.2 Å². The molecule has 0 aromatic heterocycles. The Balaban J connectivity index is 1.82. The molecule has 4 N–H and O–H groups in total. The van der Waals surface area contributed by atoms with Crippen LogP contribution < -0.4 is 20.9 Å². The number of hydrogen-bond acceptors (Lipinski definition) is 4. The van der Waals surface area contributed by atoms with Crippen molar-refractivity contribution in [2.75, 3.05) is 10.2 Å². The van der Waals surface area contributed by atoms with Crippen LogP contribution in [0.15, 0.2) is 54.6 Å². The van der Waals surface area contributed by atoms with Crippen molar-refractivity contribution in [3.8, 4) is 0 Å². The highest BCUT2D eigenvalue weighted by Gasteiger charge is 2.40. The molecule has 35 heavy (non-hydrogen) atoms. The maximum atomic E-state index is 13.5.